The Balaban J connectivity index is 2.10. The van der Waals surface area contributed by atoms with Crippen molar-refractivity contribution in [2.45, 2.75) is 12.5 Å². The smallest absolute Gasteiger partial charge is 0.247 e. The van der Waals surface area contributed by atoms with Crippen LogP contribution in [0.5, 0.6) is 23.0 Å². The normalized spacial score (nSPS) is 16.4. The molecule has 3 rings (SSSR count). The average molecular weight is 420 g/mol. The van der Waals surface area contributed by atoms with Crippen LogP contribution in [0, 0.1) is 0 Å². The predicted octanol–water partition coefficient (Wildman–Crippen LogP) is 2.83. The van der Waals surface area contributed by atoms with Crippen molar-refractivity contribution in [1.29, 1.82) is 0 Å². The maximum atomic E-state index is 12.5. The molecule has 0 bridgehead atoms. The third-order valence-corrected chi connectivity index (χ3v) is 5.74. The summed E-state index contributed by atoms with van der Waals surface area (Å²) in [7, 11) is 2.54. The van der Waals surface area contributed by atoms with Crippen LogP contribution in [0.15, 0.2) is 41.5 Å². The van der Waals surface area contributed by atoms with Crippen LogP contribution in [0.1, 0.15) is 23.6 Å². The van der Waals surface area contributed by atoms with E-state index in [2.05, 4.69) is 5.10 Å². The number of hydrogen-bond acceptors (Lipinski definition) is 7. The van der Waals surface area contributed by atoms with Crippen molar-refractivity contribution < 1.29 is 27.4 Å². The lowest BCUT2D eigenvalue weighted by molar-refractivity contribution is 0.329. The summed E-state index contributed by atoms with van der Waals surface area (Å²) in [6, 6.07) is 10.1. The summed E-state index contributed by atoms with van der Waals surface area (Å²) in [6.45, 7) is 0. The van der Waals surface area contributed by atoms with E-state index in [4.69, 9.17) is 18.9 Å². The molecule has 0 saturated heterocycles. The van der Waals surface area contributed by atoms with Gasteiger partial charge in [-0.1, -0.05) is 12.1 Å². The van der Waals surface area contributed by atoms with Crippen molar-refractivity contribution in [3.8, 4) is 23.0 Å². The molecule has 0 fully saturated rings. The van der Waals surface area contributed by atoms with Gasteiger partial charge in [0.2, 0.25) is 10.0 Å². The van der Waals surface area contributed by atoms with Gasteiger partial charge in [0, 0.05) is 23.6 Å². The number of ether oxygens (including phenoxy) is 4. The highest BCUT2D eigenvalue weighted by molar-refractivity contribution is 7.88. The third-order valence-electron chi connectivity index (χ3n) is 4.72. The Morgan fingerprint density at radius 1 is 0.966 bits per heavy atom. The molecule has 0 N–H and O–H groups in total. The number of para-hydroxylation sites is 1. The number of nitrogens with zero attached hydrogens (tertiary/aromatic N) is 2. The van der Waals surface area contributed by atoms with Gasteiger partial charge in [0.25, 0.3) is 0 Å². The molecule has 9 heteroatoms. The SMILES string of the molecule is COc1ccc(C2=NN(S(C)(=O)=O)[C@H](c3cccc(OC)c3OC)C2)c(OC)c1. The van der Waals surface area contributed by atoms with Crippen molar-refractivity contribution in [3.05, 3.63) is 47.5 Å². The van der Waals surface area contributed by atoms with Gasteiger partial charge in [-0.3, -0.25) is 0 Å². The molecule has 2 aromatic rings. The summed E-state index contributed by atoms with van der Waals surface area (Å²) in [5, 5.41) is 4.43. The molecule has 8 nitrogen and oxygen atoms in total. The van der Waals surface area contributed by atoms with Gasteiger partial charge in [-0.25, -0.2) is 8.42 Å². The lowest BCUT2D eigenvalue weighted by atomic mass is 9.97. The third kappa shape index (κ3) is 3.95. The fraction of sp³-hybridized carbons (Fsp3) is 0.350. The lowest BCUT2D eigenvalue weighted by Crippen LogP contribution is -2.26. The topological polar surface area (TPSA) is 86.7 Å². The zero-order chi connectivity index (χ0) is 21.2. The van der Waals surface area contributed by atoms with Crippen molar-refractivity contribution in [1.82, 2.24) is 4.41 Å². The van der Waals surface area contributed by atoms with Crippen LogP contribution in [0.3, 0.4) is 0 Å². The quantitative estimate of drug-likeness (QED) is 0.685. The maximum absolute atomic E-state index is 12.5. The average Bonchev–Trinajstić information content (AvgIpc) is 3.18. The largest absolute Gasteiger partial charge is 0.497 e. The second-order valence-electron chi connectivity index (χ2n) is 6.45. The van der Waals surface area contributed by atoms with Crippen LogP contribution >= 0.6 is 0 Å². The number of sulfonamides is 1. The standard InChI is InChI=1S/C20H24N2O6S/c1-25-13-9-10-14(19(11-13)27-3)16-12-17(22(21-16)29(5,23)24)15-7-6-8-18(26-2)20(15)28-4/h6-11,17H,12H2,1-5H3/t17-/m0/s1. The summed E-state index contributed by atoms with van der Waals surface area (Å²) in [4.78, 5) is 0. The zero-order valence-electron chi connectivity index (χ0n) is 17.0. The van der Waals surface area contributed by atoms with Crippen LogP contribution in [0.25, 0.3) is 0 Å². The number of hydrazone groups is 1. The summed E-state index contributed by atoms with van der Waals surface area (Å²) in [6.07, 6.45) is 1.48. The minimum atomic E-state index is -3.63. The molecule has 0 amide bonds. The Morgan fingerprint density at radius 3 is 2.28 bits per heavy atom. The lowest BCUT2D eigenvalue weighted by Gasteiger charge is -2.24. The monoisotopic (exact) mass is 420 g/mol. The summed E-state index contributed by atoms with van der Waals surface area (Å²) >= 11 is 0. The van der Waals surface area contributed by atoms with Gasteiger partial charge in [0.15, 0.2) is 11.5 Å². The van der Waals surface area contributed by atoms with Crippen molar-refractivity contribution in [2.24, 2.45) is 5.10 Å². The first-order valence-electron chi connectivity index (χ1n) is 8.84. The Hall–Kier alpha value is -2.94. The number of hydrogen-bond donors (Lipinski definition) is 0. The fourth-order valence-corrected chi connectivity index (χ4v) is 4.30. The molecule has 2 aromatic carbocycles. The van der Waals surface area contributed by atoms with Crippen LogP contribution in [-0.4, -0.2) is 53.2 Å². The molecule has 29 heavy (non-hydrogen) atoms. The van der Waals surface area contributed by atoms with E-state index >= 15 is 0 Å². The van der Waals surface area contributed by atoms with Gasteiger partial charge in [-0.15, -0.1) is 0 Å². The summed E-state index contributed by atoms with van der Waals surface area (Å²) in [5.41, 5.74) is 1.96. The minimum Gasteiger partial charge on any atom is -0.497 e. The highest BCUT2D eigenvalue weighted by Gasteiger charge is 2.37. The molecule has 156 valence electrons. The first-order chi connectivity index (χ1) is 13.8. The van der Waals surface area contributed by atoms with E-state index < -0.39 is 16.1 Å². The Labute approximate surface area is 170 Å². The molecule has 0 aromatic heterocycles. The van der Waals surface area contributed by atoms with Crippen molar-refractivity contribution in [2.75, 3.05) is 34.7 Å². The van der Waals surface area contributed by atoms with E-state index in [0.717, 1.165) is 10.7 Å². The Kier molecular flexibility index (Phi) is 5.88. The Bertz CT molecular complexity index is 1040. The zero-order valence-corrected chi connectivity index (χ0v) is 17.8. The first kappa shape index (κ1) is 20.8. The number of rotatable bonds is 7. The molecule has 1 aliphatic rings. The Morgan fingerprint density at radius 2 is 1.69 bits per heavy atom. The molecule has 0 aliphatic carbocycles. The van der Waals surface area contributed by atoms with Gasteiger partial charge in [0.1, 0.15) is 11.5 Å². The number of benzene rings is 2. The minimum absolute atomic E-state index is 0.347. The van der Waals surface area contributed by atoms with Crippen LogP contribution < -0.4 is 18.9 Å². The highest BCUT2D eigenvalue weighted by atomic mass is 32.2. The molecular formula is C20H24N2O6S. The van der Waals surface area contributed by atoms with Crippen molar-refractivity contribution in [3.63, 3.8) is 0 Å². The summed E-state index contributed by atoms with van der Waals surface area (Å²) < 4.78 is 47.7. The molecule has 0 spiro atoms. The molecule has 0 radical (unpaired) electrons. The van der Waals surface area contributed by atoms with Gasteiger partial charge in [-0.05, 0) is 18.2 Å². The second kappa shape index (κ2) is 8.20. The van der Waals surface area contributed by atoms with E-state index in [1.165, 1.54) is 14.2 Å². The van der Waals surface area contributed by atoms with E-state index in [0.29, 0.717) is 46.3 Å². The van der Waals surface area contributed by atoms with E-state index in [1.54, 1.807) is 38.5 Å². The molecule has 0 unspecified atom stereocenters. The van der Waals surface area contributed by atoms with Gasteiger partial charge in [0.05, 0.1) is 46.4 Å². The summed E-state index contributed by atoms with van der Waals surface area (Å²) in [5.74, 6) is 2.19. The van der Waals surface area contributed by atoms with Crippen LogP contribution in [-0.2, 0) is 10.0 Å². The van der Waals surface area contributed by atoms with Crippen LogP contribution in [0.2, 0.25) is 0 Å². The highest BCUT2D eigenvalue weighted by Crippen LogP contribution is 2.43. The fourth-order valence-electron chi connectivity index (χ4n) is 3.40. The molecule has 1 aliphatic heterocycles. The van der Waals surface area contributed by atoms with E-state index in [1.807, 2.05) is 12.1 Å². The maximum Gasteiger partial charge on any atom is 0.247 e. The van der Waals surface area contributed by atoms with E-state index in [9.17, 15) is 8.42 Å². The molecule has 1 atom stereocenters. The van der Waals surface area contributed by atoms with Gasteiger partial charge < -0.3 is 18.9 Å². The molecule has 0 saturated carbocycles. The molecule has 1 heterocycles. The van der Waals surface area contributed by atoms with Crippen LogP contribution in [0.4, 0.5) is 0 Å². The first-order valence-corrected chi connectivity index (χ1v) is 10.7. The van der Waals surface area contributed by atoms with Gasteiger partial charge in [-0.2, -0.15) is 9.52 Å². The molecular weight excluding hydrogens is 396 g/mol. The van der Waals surface area contributed by atoms with E-state index in [-0.39, 0.29) is 0 Å². The second-order valence-corrected chi connectivity index (χ2v) is 8.29. The van der Waals surface area contributed by atoms with Gasteiger partial charge >= 0.3 is 0 Å². The number of methoxy groups -OCH3 is 4. The predicted molar refractivity (Wildman–Crippen MR) is 110 cm³/mol. The van der Waals surface area contributed by atoms with Crippen molar-refractivity contribution >= 4 is 15.7 Å².